The van der Waals surface area contributed by atoms with Crippen molar-refractivity contribution in [2.75, 3.05) is 18.5 Å². The first-order valence-corrected chi connectivity index (χ1v) is 7.42. The first kappa shape index (κ1) is 15.7. The summed E-state index contributed by atoms with van der Waals surface area (Å²) < 4.78 is 5.82. The fraction of sp³-hybridized carbons (Fsp3) is 0.600. The van der Waals surface area contributed by atoms with Gasteiger partial charge in [0.1, 0.15) is 0 Å². The van der Waals surface area contributed by atoms with Crippen LogP contribution in [0.5, 0.6) is 0 Å². The summed E-state index contributed by atoms with van der Waals surface area (Å²) in [6.07, 6.45) is 4.41. The van der Waals surface area contributed by atoms with Crippen molar-refractivity contribution in [3.8, 4) is 0 Å². The van der Waals surface area contributed by atoms with E-state index >= 15 is 0 Å². The van der Waals surface area contributed by atoms with Crippen LogP contribution in [0.2, 0.25) is 0 Å². The monoisotopic (exact) mass is 293 g/mol. The summed E-state index contributed by atoms with van der Waals surface area (Å²) in [5, 5.41) is 14.0. The molecule has 2 rings (SSSR count). The molecule has 1 aliphatic rings. The van der Waals surface area contributed by atoms with E-state index in [1.165, 1.54) is 6.07 Å². The fourth-order valence-corrected chi connectivity index (χ4v) is 2.58. The Hall–Kier alpha value is -1.66. The Morgan fingerprint density at radius 3 is 2.76 bits per heavy atom. The molecule has 1 aromatic rings. The molecule has 0 heterocycles. The van der Waals surface area contributed by atoms with Crippen molar-refractivity contribution in [1.29, 1.82) is 0 Å². The lowest BCUT2D eigenvalue weighted by molar-refractivity contribution is -0.384. The Balaban J connectivity index is 1.75. The van der Waals surface area contributed by atoms with Gasteiger partial charge in [0.15, 0.2) is 0 Å². The molecule has 0 radical (unpaired) electrons. The van der Waals surface area contributed by atoms with E-state index in [2.05, 4.69) is 5.32 Å². The van der Waals surface area contributed by atoms with E-state index in [-0.39, 0.29) is 10.6 Å². The molecule has 116 valence electrons. The quantitative estimate of drug-likeness (QED) is 0.478. The van der Waals surface area contributed by atoms with Gasteiger partial charge in [-0.15, -0.1) is 0 Å². The third kappa shape index (κ3) is 4.68. The van der Waals surface area contributed by atoms with E-state index in [1.807, 2.05) is 6.92 Å². The molecule has 1 aromatic carbocycles. The van der Waals surface area contributed by atoms with Gasteiger partial charge in [-0.05, 0) is 38.2 Å². The second-order valence-corrected chi connectivity index (χ2v) is 5.59. The van der Waals surface area contributed by atoms with Crippen molar-refractivity contribution < 1.29 is 9.66 Å². The minimum atomic E-state index is -0.383. The van der Waals surface area contributed by atoms with Gasteiger partial charge in [-0.25, -0.2) is 0 Å². The van der Waals surface area contributed by atoms with E-state index in [0.29, 0.717) is 25.3 Å². The number of benzene rings is 1. The van der Waals surface area contributed by atoms with Crippen molar-refractivity contribution in [1.82, 2.24) is 0 Å². The molecule has 0 bridgehead atoms. The number of anilines is 1. The summed E-state index contributed by atoms with van der Waals surface area (Å²) in [4.78, 5) is 10.4. The van der Waals surface area contributed by atoms with Crippen molar-refractivity contribution in [3.05, 3.63) is 33.9 Å². The maximum atomic E-state index is 10.8. The summed E-state index contributed by atoms with van der Waals surface area (Å²) >= 11 is 0. The van der Waals surface area contributed by atoms with Crippen LogP contribution in [0.15, 0.2) is 18.2 Å². The van der Waals surface area contributed by atoms with Gasteiger partial charge >= 0.3 is 0 Å². The number of nitro groups is 1. The van der Waals surface area contributed by atoms with Gasteiger partial charge in [-0.1, -0.05) is 6.07 Å². The zero-order valence-electron chi connectivity index (χ0n) is 12.4. The second kappa shape index (κ2) is 7.38. The number of nitrogens with zero attached hydrogens (tertiary/aromatic N) is 1. The zero-order valence-corrected chi connectivity index (χ0v) is 12.4. The Morgan fingerprint density at radius 2 is 2.10 bits per heavy atom. The molecule has 1 fully saturated rings. The Bertz CT molecular complexity index is 485. The molecule has 1 saturated carbocycles. The van der Waals surface area contributed by atoms with Gasteiger partial charge in [-0.2, -0.15) is 0 Å². The van der Waals surface area contributed by atoms with Gasteiger partial charge in [0.2, 0.25) is 0 Å². The molecule has 0 amide bonds. The van der Waals surface area contributed by atoms with Crippen LogP contribution >= 0.6 is 0 Å². The second-order valence-electron chi connectivity index (χ2n) is 5.59. The summed E-state index contributed by atoms with van der Waals surface area (Å²) in [5.74, 6) is 0. The highest BCUT2D eigenvalue weighted by Crippen LogP contribution is 2.22. The molecule has 0 aromatic heterocycles. The van der Waals surface area contributed by atoms with Crippen LogP contribution in [-0.2, 0) is 4.74 Å². The van der Waals surface area contributed by atoms with E-state index < -0.39 is 0 Å². The lowest BCUT2D eigenvalue weighted by atomic mass is 9.94. The number of ether oxygens (including phenoxy) is 1. The van der Waals surface area contributed by atoms with Crippen molar-refractivity contribution >= 4 is 11.4 Å². The Kier molecular flexibility index (Phi) is 5.52. The maximum absolute atomic E-state index is 10.8. The van der Waals surface area contributed by atoms with Crippen LogP contribution in [0.3, 0.4) is 0 Å². The van der Waals surface area contributed by atoms with Gasteiger partial charge in [0.25, 0.3) is 5.69 Å². The number of rotatable bonds is 6. The third-order valence-electron chi connectivity index (χ3n) is 3.92. The average molecular weight is 293 g/mol. The smallest absolute Gasteiger partial charge is 0.271 e. The lowest BCUT2D eigenvalue weighted by Gasteiger charge is -2.26. The number of nitrogens with two attached hydrogens (primary N) is 1. The van der Waals surface area contributed by atoms with E-state index in [0.717, 1.165) is 36.9 Å². The highest BCUT2D eigenvalue weighted by Gasteiger charge is 2.18. The van der Waals surface area contributed by atoms with Crippen molar-refractivity contribution in [2.45, 2.75) is 44.8 Å². The topological polar surface area (TPSA) is 90.4 Å². The summed E-state index contributed by atoms with van der Waals surface area (Å²) in [5.41, 5.74) is 7.74. The molecule has 0 unspecified atom stereocenters. The number of aryl methyl sites for hydroxylation is 1. The predicted octanol–water partition coefficient (Wildman–Crippen LogP) is 2.60. The maximum Gasteiger partial charge on any atom is 0.271 e. The van der Waals surface area contributed by atoms with Crippen LogP contribution in [0.4, 0.5) is 11.4 Å². The largest absolute Gasteiger partial charge is 0.382 e. The summed E-state index contributed by atoms with van der Waals surface area (Å²) in [7, 11) is 0. The summed E-state index contributed by atoms with van der Waals surface area (Å²) in [6.45, 7) is 3.17. The molecule has 0 aliphatic heterocycles. The first-order valence-electron chi connectivity index (χ1n) is 7.42. The van der Waals surface area contributed by atoms with Crippen molar-refractivity contribution in [2.24, 2.45) is 5.73 Å². The molecule has 0 saturated heterocycles. The van der Waals surface area contributed by atoms with Crippen LogP contribution in [0, 0.1) is 17.0 Å². The third-order valence-corrected chi connectivity index (χ3v) is 3.92. The van der Waals surface area contributed by atoms with E-state index in [9.17, 15) is 10.1 Å². The molecule has 0 spiro atoms. The minimum absolute atomic E-state index is 0.102. The highest BCUT2D eigenvalue weighted by molar-refractivity contribution is 5.56. The van der Waals surface area contributed by atoms with Gasteiger partial charge < -0.3 is 15.8 Å². The minimum Gasteiger partial charge on any atom is -0.382 e. The molecule has 21 heavy (non-hydrogen) atoms. The van der Waals surface area contributed by atoms with Crippen molar-refractivity contribution in [3.63, 3.8) is 0 Å². The predicted molar refractivity (Wildman–Crippen MR) is 82.5 cm³/mol. The van der Waals surface area contributed by atoms with Crippen LogP contribution < -0.4 is 11.1 Å². The molecule has 6 heteroatoms. The average Bonchev–Trinajstić information content (AvgIpc) is 2.47. The summed E-state index contributed by atoms with van der Waals surface area (Å²) in [6, 6.07) is 5.16. The highest BCUT2D eigenvalue weighted by atomic mass is 16.6. The van der Waals surface area contributed by atoms with Gasteiger partial charge in [-0.3, -0.25) is 10.1 Å². The number of nitro benzene ring substituents is 1. The standard InChI is InChI=1S/C15H23N3O3/c1-11-2-5-13(18(19)20)10-15(11)17-8-9-21-14-6-3-12(16)4-7-14/h2,5,10,12,14,17H,3-4,6-9,16H2,1H3. The van der Waals surface area contributed by atoms with Gasteiger partial charge in [0.05, 0.1) is 17.6 Å². The van der Waals surface area contributed by atoms with Crippen LogP contribution in [0.1, 0.15) is 31.2 Å². The van der Waals surface area contributed by atoms with Crippen LogP contribution in [-0.4, -0.2) is 30.2 Å². The zero-order chi connectivity index (χ0) is 15.2. The first-order chi connectivity index (χ1) is 10.1. The fourth-order valence-electron chi connectivity index (χ4n) is 2.58. The lowest BCUT2D eigenvalue weighted by Crippen LogP contribution is -2.31. The molecular weight excluding hydrogens is 270 g/mol. The van der Waals surface area contributed by atoms with E-state index in [1.54, 1.807) is 12.1 Å². The molecule has 1 aliphatic carbocycles. The Morgan fingerprint density at radius 1 is 1.38 bits per heavy atom. The number of nitrogens with one attached hydrogen (secondary N) is 1. The van der Waals surface area contributed by atoms with Crippen LogP contribution in [0.25, 0.3) is 0 Å². The van der Waals surface area contributed by atoms with Gasteiger partial charge in [0, 0.05) is 30.4 Å². The number of hydrogen-bond donors (Lipinski definition) is 2. The molecule has 0 atom stereocenters. The number of non-ortho nitro benzene ring substituents is 1. The number of hydrogen-bond acceptors (Lipinski definition) is 5. The normalized spacial score (nSPS) is 22.0. The molecule has 6 nitrogen and oxygen atoms in total. The molecule has 3 N–H and O–H groups in total. The molecular formula is C15H23N3O3. The SMILES string of the molecule is Cc1ccc([N+](=O)[O-])cc1NCCOC1CCC(N)CC1. The van der Waals surface area contributed by atoms with E-state index in [4.69, 9.17) is 10.5 Å². The Labute approximate surface area is 124 Å².